The maximum absolute atomic E-state index is 5.62. The number of ether oxygens (including phenoxy) is 2. The molecule has 7 heteroatoms. The van der Waals surface area contributed by atoms with Gasteiger partial charge in [0.05, 0.1) is 19.1 Å². The summed E-state index contributed by atoms with van der Waals surface area (Å²) in [5, 5.41) is 13.0. The van der Waals surface area contributed by atoms with Crippen LogP contribution in [0.1, 0.15) is 12.5 Å². The van der Waals surface area contributed by atoms with Crippen LogP contribution in [-0.2, 0) is 13.6 Å². The number of hydrogen-bond acceptors (Lipinski definition) is 5. The zero-order valence-electron chi connectivity index (χ0n) is 13.8. The fourth-order valence-corrected chi connectivity index (χ4v) is 3.48. The fourth-order valence-electron chi connectivity index (χ4n) is 2.55. The SMILES string of the molecule is CCOc1nnc(NCc2ccc(OC)cc2)c2c(I)cn(C)c12. The first-order valence-corrected chi connectivity index (χ1v) is 8.72. The largest absolute Gasteiger partial charge is 0.497 e. The van der Waals surface area contributed by atoms with Crippen LogP contribution in [0.25, 0.3) is 10.9 Å². The van der Waals surface area contributed by atoms with E-state index in [2.05, 4.69) is 44.3 Å². The van der Waals surface area contributed by atoms with E-state index in [1.54, 1.807) is 7.11 Å². The Labute approximate surface area is 154 Å². The highest BCUT2D eigenvalue weighted by Gasteiger charge is 2.17. The lowest BCUT2D eigenvalue weighted by atomic mass is 10.2. The Kier molecular flexibility index (Phi) is 5.08. The molecule has 3 rings (SSSR count). The van der Waals surface area contributed by atoms with E-state index in [-0.39, 0.29) is 0 Å². The Morgan fingerprint density at radius 2 is 1.96 bits per heavy atom. The third kappa shape index (κ3) is 3.26. The first-order chi connectivity index (χ1) is 11.6. The van der Waals surface area contributed by atoms with Gasteiger partial charge in [0.2, 0.25) is 0 Å². The summed E-state index contributed by atoms with van der Waals surface area (Å²) < 4.78 is 13.9. The average molecular weight is 438 g/mol. The highest BCUT2D eigenvalue weighted by Crippen LogP contribution is 2.33. The molecule has 1 aromatic carbocycles. The van der Waals surface area contributed by atoms with Crippen molar-refractivity contribution in [1.82, 2.24) is 14.8 Å². The number of aryl methyl sites for hydroxylation is 1. The number of benzene rings is 1. The molecule has 0 amide bonds. The maximum atomic E-state index is 5.62. The topological polar surface area (TPSA) is 61.2 Å². The van der Waals surface area contributed by atoms with Gasteiger partial charge in [-0.3, -0.25) is 0 Å². The summed E-state index contributed by atoms with van der Waals surface area (Å²) in [4.78, 5) is 0. The third-order valence-electron chi connectivity index (χ3n) is 3.72. The molecular weight excluding hydrogens is 419 g/mol. The quantitative estimate of drug-likeness (QED) is 0.597. The number of nitrogens with one attached hydrogen (secondary N) is 1. The van der Waals surface area contributed by atoms with Crippen molar-refractivity contribution in [3.8, 4) is 11.6 Å². The summed E-state index contributed by atoms with van der Waals surface area (Å²) >= 11 is 2.31. The lowest BCUT2D eigenvalue weighted by Crippen LogP contribution is -2.06. The normalized spacial score (nSPS) is 10.8. The van der Waals surface area contributed by atoms with Crippen molar-refractivity contribution < 1.29 is 9.47 Å². The predicted octanol–water partition coefficient (Wildman–Crippen LogP) is 3.59. The van der Waals surface area contributed by atoms with Crippen LogP contribution in [0.3, 0.4) is 0 Å². The molecule has 126 valence electrons. The lowest BCUT2D eigenvalue weighted by molar-refractivity contribution is 0.326. The number of methoxy groups -OCH3 is 1. The summed E-state index contributed by atoms with van der Waals surface area (Å²) in [6, 6.07) is 7.95. The molecule has 0 bridgehead atoms. The van der Waals surface area contributed by atoms with E-state index in [9.17, 15) is 0 Å². The number of rotatable bonds is 6. The van der Waals surface area contributed by atoms with Crippen molar-refractivity contribution in [1.29, 1.82) is 0 Å². The zero-order valence-corrected chi connectivity index (χ0v) is 16.0. The summed E-state index contributed by atoms with van der Waals surface area (Å²) in [7, 11) is 3.65. The van der Waals surface area contributed by atoms with Crippen molar-refractivity contribution in [2.45, 2.75) is 13.5 Å². The molecular formula is C17H19IN4O2. The van der Waals surface area contributed by atoms with E-state index >= 15 is 0 Å². The van der Waals surface area contributed by atoms with Crippen LogP contribution < -0.4 is 14.8 Å². The molecule has 2 heterocycles. The van der Waals surface area contributed by atoms with Crippen molar-refractivity contribution in [3.05, 3.63) is 39.6 Å². The van der Waals surface area contributed by atoms with Crippen LogP contribution in [0.2, 0.25) is 0 Å². The van der Waals surface area contributed by atoms with Crippen LogP contribution in [0.4, 0.5) is 5.82 Å². The van der Waals surface area contributed by atoms with Crippen LogP contribution in [0.15, 0.2) is 30.5 Å². The second-order valence-corrected chi connectivity index (χ2v) is 6.46. The minimum atomic E-state index is 0.560. The van der Waals surface area contributed by atoms with Gasteiger partial charge in [-0.25, -0.2) is 0 Å². The molecule has 6 nitrogen and oxygen atoms in total. The Balaban J connectivity index is 1.90. The van der Waals surface area contributed by atoms with Gasteiger partial charge in [-0.15, -0.1) is 10.2 Å². The van der Waals surface area contributed by atoms with Gasteiger partial charge < -0.3 is 19.4 Å². The molecule has 0 atom stereocenters. The van der Waals surface area contributed by atoms with E-state index in [4.69, 9.17) is 9.47 Å². The summed E-state index contributed by atoms with van der Waals surface area (Å²) in [5.41, 5.74) is 2.10. The van der Waals surface area contributed by atoms with Gasteiger partial charge in [0.15, 0.2) is 5.82 Å². The van der Waals surface area contributed by atoms with Crippen molar-refractivity contribution in [2.24, 2.45) is 7.05 Å². The third-order valence-corrected chi connectivity index (χ3v) is 4.53. The van der Waals surface area contributed by atoms with Crippen molar-refractivity contribution in [2.75, 3.05) is 19.0 Å². The molecule has 3 aromatic rings. The van der Waals surface area contributed by atoms with Gasteiger partial charge in [0.25, 0.3) is 5.88 Å². The number of anilines is 1. The number of hydrogen-bond donors (Lipinski definition) is 1. The highest BCUT2D eigenvalue weighted by molar-refractivity contribution is 14.1. The average Bonchev–Trinajstić information content (AvgIpc) is 2.90. The highest BCUT2D eigenvalue weighted by atomic mass is 127. The van der Waals surface area contributed by atoms with Gasteiger partial charge in [0, 0.05) is 23.4 Å². The second-order valence-electron chi connectivity index (χ2n) is 5.30. The second kappa shape index (κ2) is 7.25. The van der Waals surface area contributed by atoms with E-state index in [1.165, 1.54) is 0 Å². The molecule has 0 aliphatic carbocycles. The van der Waals surface area contributed by atoms with Crippen molar-refractivity contribution in [3.63, 3.8) is 0 Å². The van der Waals surface area contributed by atoms with E-state index in [0.717, 1.165) is 31.6 Å². The van der Waals surface area contributed by atoms with Gasteiger partial charge in [-0.2, -0.15) is 0 Å². The monoisotopic (exact) mass is 438 g/mol. The number of aromatic nitrogens is 3. The first kappa shape index (κ1) is 16.8. The molecule has 24 heavy (non-hydrogen) atoms. The Hall–Kier alpha value is -2.03. The van der Waals surface area contributed by atoms with Crippen LogP contribution in [0, 0.1) is 3.57 Å². The Bertz CT molecular complexity index is 846. The molecule has 0 aliphatic heterocycles. The molecule has 0 unspecified atom stereocenters. The minimum Gasteiger partial charge on any atom is -0.497 e. The molecule has 1 N–H and O–H groups in total. The van der Waals surface area contributed by atoms with E-state index in [1.807, 2.05) is 42.8 Å². The van der Waals surface area contributed by atoms with Crippen LogP contribution >= 0.6 is 22.6 Å². The lowest BCUT2D eigenvalue weighted by Gasteiger charge is -2.10. The van der Waals surface area contributed by atoms with Gasteiger partial charge in [-0.05, 0) is 47.2 Å². The van der Waals surface area contributed by atoms with Crippen LogP contribution in [-0.4, -0.2) is 28.5 Å². The number of fused-ring (bicyclic) bond motifs is 1. The van der Waals surface area contributed by atoms with Crippen molar-refractivity contribution >= 4 is 39.3 Å². The molecule has 0 spiro atoms. The standard InChI is InChI=1S/C17H19IN4O2/c1-4-24-17-15-14(13(18)10-22(15)2)16(20-21-17)19-9-11-5-7-12(23-3)8-6-11/h5-8,10H,4,9H2,1-3H3,(H,19,20). The fraction of sp³-hybridized carbons (Fsp3) is 0.294. The van der Waals surface area contributed by atoms with Crippen LogP contribution in [0.5, 0.6) is 11.6 Å². The molecule has 0 fully saturated rings. The zero-order chi connectivity index (χ0) is 17.1. The molecule has 0 radical (unpaired) electrons. The Morgan fingerprint density at radius 3 is 2.62 bits per heavy atom. The van der Waals surface area contributed by atoms with Gasteiger partial charge in [-0.1, -0.05) is 12.1 Å². The summed E-state index contributed by atoms with van der Waals surface area (Å²) in [6.07, 6.45) is 2.05. The molecule has 0 saturated carbocycles. The van der Waals surface area contributed by atoms with Gasteiger partial charge >= 0.3 is 0 Å². The number of halogens is 1. The number of nitrogens with zero attached hydrogens (tertiary/aromatic N) is 3. The van der Waals surface area contributed by atoms with Gasteiger partial charge in [0.1, 0.15) is 11.3 Å². The smallest absolute Gasteiger partial charge is 0.258 e. The maximum Gasteiger partial charge on any atom is 0.258 e. The molecule has 0 saturated heterocycles. The predicted molar refractivity (Wildman–Crippen MR) is 103 cm³/mol. The summed E-state index contributed by atoms with van der Waals surface area (Å²) in [6.45, 7) is 3.16. The molecule has 0 aliphatic rings. The minimum absolute atomic E-state index is 0.560. The first-order valence-electron chi connectivity index (χ1n) is 7.64. The van der Waals surface area contributed by atoms with E-state index < -0.39 is 0 Å². The summed E-state index contributed by atoms with van der Waals surface area (Å²) in [5.74, 6) is 2.17. The molecule has 2 aromatic heterocycles. The Morgan fingerprint density at radius 1 is 1.21 bits per heavy atom. The van der Waals surface area contributed by atoms with E-state index in [0.29, 0.717) is 19.0 Å².